The second-order valence-corrected chi connectivity index (χ2v) is 6.47. The first-order chi connectivity index (χ1) is 11.0. The number of benzene rings is 1. The number of nitrogens with zero attached hydrogens (tertiary/aromatic N) is 3. The monoisotopic (exact) mass is 314 g/mol. The summed E-state index contributed by atoms with van der Waals surface area (Å²) in [7, 11) is 6.11. The quantitative estimate of drug-likeness (QED) is 0.921. The van der Waals surface area contributed by atoms with Crippen molar-refractivity contribution in [2.24, 2.45) is 7.05 Å². The molecule has 23 heavy (non-hydrogen) atoms. The van der Waals surface area contributed by atoms with Crippen LogP contribution in [0.3, 0.4) is 0 Å². The van der Waals surface area contributed by atoms with Crippen LogP contribution >= 0.6 is 0 Å². The maximum Gasteiger partial charge on any atom is 0.130 e. The third-order valence-electron chi connectivity index (χ3n) is 4.54. The highest BCUT2D eigenvalue weighted by atomic mass is 16.5. The van der Waals surface area contributed by atoms with E-state index < -0.39 is 0 Å². The highest BCUT2D eigenvalue weighted by Gasteiger charge is 2.17. The number of rotatable bonds is 5. The summed E-state index contributed by atoms with van der Waals surface area (Å²) in [6.07, 6.45) is 1.02. The van der Waals surface area contributed by atoms with E-state index >= 15 is 0 Å². The lowest BCUT2D eigenvalue weighted by atomic mass is 10.0. The van der Waals surface area contributed by atoms with E-state index in [1.807, 2.05) is 11.7 Å². The van der Waals surface area contributed by atoms with Gasteiger partial charge in [-0.3, -0.25) is 4.68 Å². The molecule has 5 heteroatoms. The van der Waals surface area contributed by atoms with E-state index in [-0.39, 0.29) is 6.04 Å². The molecular weight excluding hydrogens is 288 g/mol. The summed E-state index contributed by atoms with van der Waals surface area (Å²) in [5, 5.41) is 8.18. The summed E-state index contributed by atoms with van der Waals surface area (Å²) in [6, 6.07) is 6.81. The molecule has 1 N–H and O–H groups in total. The molecule has 3 rings (SSSR count). The van der Waals surface area contributed by atoms with E-state index in [1.54, 1.807) is 0 Å². The smallest absolute Gasteiger partial charge is 0.130 e. The van der Waals surface area contributed by atoms with Crippen LogP contribution in [0.2, 0.25) is 0 Å². The summed E-state index contributed by atoms with van der Waals surface area (Å²) < 4.78 is 7.53. The van der Waals surface area contributed by atoms with Crippen molar-refractivity contribution < 1.29 is 4.74 Å². The van der Waals surface area contributed by atoms with Crippen LogP contribution in [0.1, 0.15) is 35.3 Å². The minimum atomic E-state index is 0.288. The van der Waals surface area contributed by atoms with Gasteiger partial charge in [0.2, 0.25) is 0 Å². The molecule has 2 heterocycles. The maximum atomic E-state index is 5.59. The van der Waals surface area contributed by atoms with E-state index in [0.29, 0.717) is 0 Å². The summed E-state index contributed by atoms with van der Waals surface area (Å²) in [5.74, 6) is 2.20. The highest BCUT2D eigenvalue weighted by Crippen LogP contribution is 2.28. The number of aromatic nitrogens is 2. The van der Waals surface area contributed by atoms with Gasteiger partial charge in [0.1, 0.15) is 11.6 Å². The van der Waals surface area contributed by atoms with Gasteiger partial charge in [-0.15, -0.1) is 0 Å². The fraction of sp³-hybridized carbons (Fsp3) is 0.500. The fourth-order valence-corrected chi connectivity index (χ4v) is 3.31. The predicted molar refractivity (Wildman–Crippen MR) is 93.2 cm³/mol. The van der Waals surface area contributed by atoms with E-state index in [2.05, 4.69) is 61.5 Å². The zero-order chi connectivity index (χ0) is 16.6. The Morgan fingerprint density at radius 1 is 1.39 bits per heavy atom. The van der Waals surface area contributed by atoms with E-state index in [9.17, 15) is 0 Å². The van der Waals surface area contributed by atoms with Crippen LogP contribution in [0, 0.1) is 6.92 Å². The van der Waals surface area contributed by atoms with Crippen LogP contribution in [-0.4, -0.2) is 30.5 Å². The Kier molecular flexibility index (Phi) is 4.31. The average Bonchev–Trinajstić information content (AvgIpc) is 3.07. The first kappa shape index (κ1) is 15.9. The van der Waals surface area contributed by atoms with Crippen LogP contribution in [0.15, 0.2) is 18.2 Å². The minimum absolute atomic E-state index is 0.288. The Labute approximate surface area is 138 Å². The van der Waals surface area contributed by atoms with Crippen LogP contribution in [0.4, 0.5) is 5.82 Å². The minimum Gasteiger partial charge on any atom is -0.493 e. The van der Waals surface area contributed by atoms with Gasteiger partial charge in [-0.1, -0.05) is 12.1 Å². The number of nitrogens with one attached hydrogen (secondary N) is 1. The lowest BCUT2D eigenvalue weighted by Crippen LogP contribution is -2.21. The zero-order valence-corrected chi connectivity index (χ0v) is 14.7. The van der Waals surface area contributed by atoms with Crippen molar-refractivity contribution in [3.63, 3.8) is 0 Å². The summed E-state index contributed by atoms with van der Waals surface area (Å²) in [4.78, 5) is 2.12. The van der Waals surface area contributed by atoms with Gasteiger partial charge in [0.15, 0.2) is 0 Å². The molecule has 0 fully saturated rings. The van der Waals surface area contributed by atoms with Crippen molar-refractivity contribution in [1.29, 1.82) is 0 Å². The van der Waals surface area contributed by atoms with E-state index in [1.165, 1.54) is 16.7 Å². The number of anilines is 1. The zero-order valence-electron chi connectivity index (χ0n) is 14.7. The Morgan fingerprint density at radius 2 is 2.17 bits per heavy atom. The van der Waals surface area contributed by atoms with Crippen molar-refractivity contribution in [2.75, 3.05) is 25.6 Å². The molecule has 1 atom stereocenters. The number of hydrogen-bond donors (Lipinski definition) is 1. The van der Waals surface area contributed by atoms with Gasteiger partial charge in [0, 0.05) is 45.7 Å². The lowest BCUT2D eigenvalue weighted by Gasteiger charge is -2.18. The van der Waals surface area contributed by atoms with Gasteiger partial charge in [-0.25, -0.2) is 0 Å². The summed E-state index contributed by atoms with van der Waals surface area (Å²) >= 11 is 0. The molecule has 0 saturated carbocycles. The van der Waals surface area contributed by atoms with Crippen molar-refractivity contribution in [2.45, 2.75) is 32.9 Å². The molecule has 1 aliphatic heterocycles. The van der Waals surface area contributed by atoms with Crippen LogP contribution in [0.5, 0.6) is 5.75 Å². The third kappa shape index (κ3) is 3.06. The van der Waals surface area contributed by atoms with Gasteiger partial charge in [-0.2, -0.15) is 5.10 Å². The molecule has 0 aliphatic carbocycles. The Bertz CT molecular complexity index is 705. The molecule has 0 unspecified atom stereocenters. The largest absolute Gasteiger partial charge is 0.493 e. The molecule has 1 aromatic carbocycles. The second kappa shape index (κ2) is 6.24. The molecule has 0 amide bonds. The maximum absolute atomic E-state index is 5.59. The third-order valence-corrected chi connectivity index (χ3v) is 4.54. The molecule has 124 valence electrons. The number of aryl methyl sites for hydroxylation is 2. The molecule has 0 radical (unpaired) electrons. The van der Waals surface area contributed by atoms with Crippen molar-refractivity contribution in [1.82, 2.24) is 15.1 Å². The molecule has 0 spiro atoms. The molecule has 5 nitrogen and oxygen atoms in total. The Hall–Kier alpha value is -2.01. The number of hydrogen-bond acceptors (Lipinski definition) is 4. The summed E-state index contributed by atoms with van der Waals surface area (Å²) in [6.45, 7) is 5.89. The highest BCUT2D eigenvalue weighted by molar-refractivity contribution is 5.49. The van der Waals surface area contributed by atoms with Gasteiger partial charge in [0.25, 0.3) is 0 Å². The first-order valence-corrected chi connectivity index (χ1v) is 8.16. The number of fused-ring (bicyclic) bond motifs is 1. The molecule has 2 aromatic rings. The van der Waals surface area contributed by atoms with E-state index in [4.69, 9.17) is 4.74 Å². The van der Waals surface area contributed by atoms with Crippen LogP contribution in [-0.2, 0) is 20.0 Å². The van der Waals surface area contributed by atoms with E-state index in [0.717, 1.165) is 36.8 Å². The van der Waals surface area contributed by atoms with Gasteiger partial charge in [-0.05, 0) is 31.0 Å². The fourth-order valence-electron chi connectivity index (χ4n) is 3.31. The van der Waals surface area contributed by atoms with Gasteiger partial charge in [0.05, 0.1) is 12.3 Å². The van der Waals surface area contributed by atoms with Crippen LogP contribution in [0.25, 0.3) is 0 Å². The van der Waals surface area contributed by atoms with Crippen molar-refractivity contribution in [3.05, 3.63) is 40.6 Å². The predicted octanol–water partition coefficient (Wildman–Crippen LogP) is 2.58. The normalized spacial score (nSPS) is 14.5. The Morgan fingerprint density at radius 3 is 2.91 bits per heavy atom. The van der Waals surface area contributed by atoms with Crippen molar-refractivity contribution in [3.8, 4) is 5.75 Å². The molecule has 0 saturated heterocycles. The topological polar surface area (TPSA) is 42.3 Å². The molecular formula is C18H26N4O. The SMILES string of the molecule is Cc1nn(C)c(N(C)C)c1CN[C@@H](C)c1ccc2c(c1)CCO2. The standard InChI is InChI=1S/C18H26N4O/c1-12(14-6-7-17-15(10-14)8-9-23-17)19-11-16-13(2)20-22(5)18(16)21(3)4/h6-7,10,12,19H,8-9,11H2,1-5H3/t12-/m0/s1. The van der Waals surface area contributed by atoms with Gasteiger partial charge < -0.3 is 15.0 Å². The van der Waals surface area contributed by atoms with Crippen molar-refractivity contribution >= 4 is 5.82 Å². The second-order valence-electron chi connectivity index (χ2n) is 6.47. The molecule has 1 aliphatic rings. The van der Waals surface area contributed by atoms with Gasteiger partial charge >= 0.3 is 0 Å². The van der Waals surface area contributed by atoms with Crippen LogP contribution < -0.4 is 15.0 Å². The molecule has 0 bridgehead atoms. The molecule has 1 aromatic heterocycles. The lowest BCUT2D eigenvalue weighted by molar-refractivity contribution is 0.356. The summed E-state index contributed by atoms with van der Waals surface area (Å²) in [5.41, 5.74) is 4.97. The number of ether oxygens (including phenoxy) is 1. The Balaban J connectivity index is 1.73. The first-order valence-electron chi connectivity index (χ1n) is 8.16. The average molecular weight is 314 g/mol.